The number of hydrogen-bond acceptors (Lipinski definition) is 8. The van der Waals surface area contributed by atoms with Gasteiger partial charge in [0.15, 0.2) is 11.6 Å². The average molecular weight is 467 g/mol. The maximum Gasteiger partial charge on any atom is 0.410 e. The highest BCUT2D eigenvalue weighted by Crippen LogP contribution is 2.30. The number of nitrogens with zero attached hydrogens (tertiary/aromatic N) is 5. The van der Waals surface area contributed by atoms with Gasteiger partial charge >= 0.3 is 6.09 Å². The Bertz CT molecular complexity index is 942. The molecule has 2 aromatic heterocycles. The molecule has 10 nitrogen and oxygen atoms in total. The molecule has 0 aromatic carbocycles. The molecule has 1 fully saturated rings. The summed E-state index contributed by atoms with van der Waals surface area (Å²) in [7, 11) is 1.69. The Hall–Kier alpha value is -2.53. The third kappa shape index (κ3) is 4.91. The molecule has 0 bridgehead atoms. The molecule has 2 N–H and O–H groups in total. The number of anilines is 2. The molecule has 29 heavy (non-hydrogen) atoms. The van der Waals surface area contributed by atoms with Crippen molar-refractivity contribution < 1.29 is 19.4 Å². The molecule has 0 atom stereocenters. The number of carbonyl (C=O) groups excluding carboxylic acids is 2. The lowest BCUT2D eigenvalue weighted by Crippen LogP contribution is -2.60. The Kier molecular flexibility index (Phi) is 5.90. The first-order valence-electron chi connectivity index (χ1n) is 9.02. The maximum absolute atomic E-state index is 12.3. The van der Waals surface area contributed by atoms with Gasteiger partial charge in [-0.3, -0.25) is 4.79 Å². The van der Waals surface area contributed by atoms with E-state index in [9.17, 15) is 9.59 Å². The molecule has 0 radical (unpaired) electrons. The van der Waals surface area contributed by atoms with Crippen LogP contribution < -0.4 is 10.2 Å². The van der Waals surface area contributed by atoms with E-state index in [1.165, 1.54) is 0 Å². The van der Waals surface area contributed by atoms with Gasteiger partial charge in [-0.05, 0) is 42.8 Å². The molecule has 3 heterocycles. The number of amides is 2. The molecular formula is C18H23BrN6O4. The van der Waals surface area contributed by atoms with E-state index in [2.05, 4.69) is 36.2 Å². The largest absolute Gasteiger partial charge is 0.444 e. The zero-order valence-corrected chi connectivity index (χ0v) is 18.2. The Morgan fingerprint density at radius 2 is 2.03 bits per heavy atom. The molecular weight excluding hydrogens is 444 g/mol. The van der Waals surface area contributed by atoms with Gasteiger partial charge < -0.3 is 25.0 Å². The van der Waals surface area contributed by atoms with E-state index >= 15 is 0 Å². The minimum atomic E-state index is -0.663. The fraction of sp³-hybridized carbons (Fsp3) is 0.500. The van der Waals surface area contributed by atoms with Gasteiger partial charge in [-0.1, -0.05) is 0 Å². The van der Waals surface area contributed by atoms with Crippen LogP contribution in [0.25, 0.3) is 11.0 Å². The van der Waals surface area contributed by atoms with Crippen molar-refractivity contribution >= 4 is 50.6 Å². The first-order chi connectivity index (χ1) is 13.6. The lowest BCUT2D eigenvalue weighted by Gasteiger charge is -2.44. The lowest BCUT2D eigenvalue weighted by molar-refractivity contribution is -0.118. The van der Waals surface area contributed by atoms with E-state index in [0.717, 1.165) is 0 Å². The molecule has 0 aliphatic carbocycles. The number of rotatable bonds is 4. The Morgan fingerprint density at radius 1 is 1.34 bits per heavy atom. The van der Waals surface area contributed by atoms with Gasteiger partial charge in [0.2, 0.25) is 0 Å². The number of nitrogens with one attached hydrogen (secondary N) is 1. The third-order valence-corrected chi connectivity index (χ3v) is 4.72. The lowest BCUT2D eigenvalue weighted by atomic mass is 10.1. The van der Waals surface area contributed by atoms with Crippen molar-refractivity contribution in [3.05, 3.63) is 16.9 Å². The second kappa shape index (κ2) is 8.07. The normalized spacial score (nSPS) is 14.5. The van der Waals surface area contributed by atoms with Crippen molar-refractivity contribution in [2.24, 2.45) is 0 Å². The summed E-state index contributed by atoms with van der Waals surface area (Å²) in [6, 6.07) is 1.63. The number of aromatic nitrogens is 3. The molecule has 3 rings (SSSR count). The summed E-state index contributed by atoms with van der Waals surface area (Å²) < 4.78 is 5.99. The Labute approximate surface area is 176 Å². The topological polar surface area (TPSA) is 121 Å². The number of ether oxygens (including phenoxy) is 1. The zero-order valence-electron chi connectivity index (χ0n) is 16.6. The molecule has 11 heteroatoms. The van der Waals surface area contributed by atoms with E-state index in [1.807, 2.05) is 25.7 Å². The van der Waals surface area contributed by atoms with Crippen molar-refractivity contribution in [1.82, 2.24) is 19.9 Å². The fourth-order valence-corrected chi connectivity index (χ4v) is 3.08. The summed E-state index contributed by atoms with van der Waals surface area (Å²) in [5, 5.41) is 11.6. The minimum Gasteiger partial charge on any atom is -0.444 e. The van der Waals surface area contributed by atoms with Crippen molar-refractivity contribution in [2.75, 3.05) is 37.0 Å². The van der Waals surface area contributed by atoms with Gasteiger partial charge in [0.05, 0.1) is 17.8 Å². The zero-order chi connectivity index (χ0) is 21.3. The number of halogens is 1. The van der Waals surface area contributed by atoms with Crippen LogP contribution in [0.4, 0.5) is 16.4 Å². The third-order valence-electron chi connectivity index (χ3n) is 4.29. The summed E-state index contributed by atoms with van der Waals surface area (Å²) in [6.07, 6.45) is 1.19. The quantitative estimate of drug-likeness (QED) is 0.653. The molecule has 1 saturated heterocycles. The molecule has 156 valence electrons. The Morgan fingerprint density at radius 3 is 2.66 bits per heavy atom. The highest BCUT2D eigenvalue weighted by Gasteiger charge is 2.36. The van der Waals surface area contributed by atoms with Crippen LogP contribution in [0.3, 0.4) is 0 Å². The van der Waals surface area contributed by atoms with E-state index < -0.39 is 24.2 Å². The molecule has 0 unspecified atom stereocenters. The van der Waals surface area contributed by atoms with E-state index in [-0.39, 0.29) is 11.9 Å². The second-order valence-corrected chi connectivity index (χ2v) is 8.56. The smallest absolute Gasteiger partial charge is 0.410 e. The predicted molar refractivity (Wildman–Crippen MR) is 111 cm³/mol. The standard InChI is InChI=1S/C18H23BrN6O4/c1-18(2,3)29-17(28)24(4)10-7-25(8-10)16-15(23-14(27)9-26)21-11-5-13(19)20-6-12(11)22-16/h5-6,10,26H,7-9H2,1-4H3,(H,21,23,27). The molecule has 2 amide bonds. The van der Waals surface area contributed by atoms with Crippen LogP contribution in [0.2, 0.25) is 0 Å². The van der Waals surface area contributed by atoms with Crippen LogP contribution in [-0.2, 0) is 9.53 Å². The van der Waals surface area contributed by atoms with Gasteiger partial charge in [-0.25, -0.2) is 19.7 Å². The number of hydrogen-bond donors (Lipinski definition) is 2. The van der Waals surface area contributed by atoms with Gasteiger partial charge in [-0.2, -0.15) is 0 Å². The van der Waals surface area contributed by atoms with Gasteiger partial charge in [0.1, 0.15) is 22.3 Å². The van der Waals surface area contributed by atoms with Crippen molar-refractivity contribution in [3.63, 3.8) is 0 Å². The predicted octanol–water partition coefficient (Wildman–Crippen LogP) is 1.77. The van der Waals surface area contributed by atoms with Crippen molar-refractivity contribution in [2.45, 2.75) is 32.4 Å². The number of carbonyl (C=O) groups is 2. The fourth-order valence-electron chi connectivity index (χ4n) is 2.76. The van der Waals surface area contributed by atoms with Gasteiger partial charge in [-0.15, -0.1) is 0 Å². The number of likely N-dealkylation sites (N-methyl/N-ethyl adjacent to an activating group) is 1. The van der Waals surface area contributed by atoms with Crippen molar-refractivity contribution in [3.8, 4) is 0 Å². The summed E-state index contributed by atoms with van der Waals surface area (Å²) in [5.41, 5.74) is 0.544. The van der Waals surface area contributed by atoms with Crippen LogP contribution in [0.15, 0.2) is 16.9 Å². The van der Waals surface area contributed by atoms with Crippen LogP contribution in [0, 0.1) is 0 Å². The Balaban J connectivity index is 1.80. The average Bonchev–Trinajstić information content (AvgIpc) is 2.59. The molecule has 1 aliphatic heterocycles. The van der Waals surface area contributed by atoms with Crippen molar-refractivity contribution in [1.29, 1.82) is 0 Å². The highest BCUT2D eigenvalue weighted by molar-refractivity contribution is 9.10. The van der Waals surface area contributed by atoms with Crippen LogP contribution in [0.5, 0.6) is 0 Å². The SMILES string of the molecule is CN(C(=O)OC(C)(C)C)C1CN(c2nc3cnc(Br)cc3nc2NC(=O)CO)C1. The summed E-state index contributed by atoms with van der Waals surface area (Å²) in [5.74, 6) is 0.112. The highest BCUT2D eigenvalue weighted by atomic mass is 79.9. The first-order valence-corrected chi connectivity index (χ1v) is 9.81. The summed E-state index contributed by atoms with van der Waals surface area (Å²) in [6.45, 7) is 5.80. The minimum absolute atomic E-state index is 0.0632. The van der Waals surface area contributed by atoms with E-state index in [0.29, 0.717) is 34.5 Å². The summed E-state index contributed by atoms with van der Waals surface area (Å²) in [4.78, 5) is 40.6. The summed E-state index contributed by atoms with van der Waals surface area (Å²) >= 11 is 3.29. The van der Waals surface area contributed by atoms with Crippen LogP contribution >= 0.6 is 15.9 Å². The molecule has 1 aliphatic rings. The molecule has 2 aromatic rings. The van der Waals surface area contributed by atoms with Gasteiger partial charge in [0.25, 0.3) is 5.91 Å². The van der Waals surface area contributed by atoms with E-state index in [1.54, 1.807) is 24.2 Å². The second-order valence-electron chi connectivity index (χ2n) is 7.75. The molecule has 0 saturated carbocycles. The van der Waals surface area contributed by atoms with Crippen LogP contribution in [-0.4, -0.2) is 75.3 Å². The number of aliphatic hydroxyl groups excluding tert-OH is 1. The first kappa shape index (κ1) is 21.2. The van der Waals surface area contributed by atoms with E-state index in [4.69, 9.17) is 9.84 Å². The number of aliphatic hydroxyl groups is 1. The monoisotopic (exact) mass is 466 g/mol. The number of pyridine rings is 1. The maximum atomic E-state index is 12.3. The number of fused-ring (bicyclic) bond motifs is 1. The van der Waals surface area contributed by atoms with Gasteiger partial charge in [0, 0.05) is 20.1 Å². The molecule has 0 spiro atoms. The van der Waals surface area contributed by atoms with Crippen LogP contribution in [0.1, 0.15) is 20.8 Å².